The van der Waals surface area contributed by atoms with Crippen molar-refractivity contribution in [2.45, 2.75) is 12.5 Å². The van der Waals surface area contributed by atoms with Crippen molar-refractivity contribution in [2.24, 2.45) is 5.73 Å². The van der Waals surface area contributed by atoms with E-state index in [0.29, 0.717) is 17.4 Å². The summed E-state index contributed by atoms with van der Waals surface area (Å²) in [7, 11) is 0. The molecule has 96 valence electrons. The number of hydrogen-bond donors (Lipinski definition) is 1. The van der Waals surface area contributed by atoms with Gasteiger partial charge in [0.15, 0.2) is 0 Å². The van der Waals surface area contributed by atoms with Crippen LogP contribution in [0.25, 0.3) is 0 Å². The molecule has 3 nitrogen and oxygen atoms in total. The highest BCUT2D eigenvalue weighted by molar-refractivity contribution is 6.30. The van der Waals surface area contributed by atoms with Crippen molar-refractivity contribution in [1.29, 1.82) is 0 Å². The molecule has 2 aromatic rings. The molecule has 0 spiro atoms. The van der Waals surface area contributed by atoms with Crippen LogP contribution in [0.2, 0.25) is 5.02 Å². The molecule has 2 aromatic carbocycles. The third-order valence-corrected chi connectivity index (χ3v) is 3.56. The predicted molar refractivity (Wildman–Crippen MR) is 73.3 cm³/mol. The minimum absolute atomic E-state index is 0.387. The third kappa shape index (κ3) is 2.06. The lowest BCUT2D eigenvalue weighted by molar-refractivity contribution is -0.118. The van der Waals surface area contributed by atoms with Crippen LogP contribution in [0.4, 0.5) is 0 Å². The Morgan fingerprint density at radius 1 is 1.21 bits per heavy atom. The highest BCUT2D eigenvalue weighted by atomic mass is 35.5. The van der Waals surface area contributed by atoms with Crippen molar-refractivity contribution in [3.63, 3.8) is 0 Å². The number of carbonyl (C=O) groups excluding carboxylic acids is 1. The van der Waals surface area contributed by atoms with Crippen LogP contribution in [0, 0.1) is 0 Å². The number of ether oxygens (including phenoxy) is 1. The Morgan fingerprint density at radius 2 is 2.00 bits per heavy atom. The van der Waals surface area contributed by atoms with Gasteiger partial charge >= 0.3 is 0 Å². The van der Waals surface area contributed by atoms with Gasteiger partial charge in [-0.2, -0.15) is 0 Å². The van der Waals surface area contributed by atoms with Gasteiger partial charge in [-0.1, -0.05) is 41.9 Å². The Morgan fingerprint density at radius 3 is 2.79 bits per heavy atom. The number of carbonyl (C=O) groups is 1. The molecular formula is C15H12ClNO2. The maximum absolute atomic E-state index is 11.9. The lowest BCUT2D eigenvalue weighted by atomic mass is 9.88. The fraction of sp³-hybridized carbons (Fsp3) is 0.133. The van der Waals surface area contributed by atoms with E-state index in [1.807, 2.05) is 24.3 Å². The molecule has 19 heavy (non-hydrogen) atoms. The van der Waals surface area contributed by atoms with Crippen molar-refractivity contribution in [1.82, 2.24) is 0 Å². The van der Waals surface area contributed by atoms with Crippen molar-refractivity contribution in [2.75, 3.05) is 0 Å². The van der Waals surface area contributed by atoms with E-state index in [-0.39, 0.29) is 5.91 Å². The Labute approximate surface area is 115 Å². The minimum atomic E-state index is -0.494. The van der Waals surface area contributed by atoms with Gasteiger partial charge in [-0.05, 0) is 23.3 Å². The van der Waals surface area contributed by atoms with Crippen LogP contribution in [-0.4, -0.2) is 5.91 Å². The summed E-state index contributed by atoms with van der Waals surface area (Å²) in [5.74, 6) is -0.264. The summed E-state index contributed by atoms with van der Waals surface area (Å²) in [5, 5.41) is 0.577. The number of rotatable bonds is 1. The molecule has 0 saturated heterocycles. The van der Waals surface area contributed by atoms with Crippen LogP contribution in [0.3, 0.4) is 0 Å². The number of halogens is 1. The minimum Gasteiger partial charge on any atom is -0.489 e. The van der Waals surface area contributed by atoms with Crippen LogP contribution in [0.15, 0.2) is 42.5 Å². The summed E-state index contributed by atoms with van der Waals surface area (Å²) in [6.07, 6.45) is 0. The largest absolute Gasteiger partial charge is 0.489 e. The first-order valence-electron chi connectivity index (χ1n) is 5.96. The van der Waals surface area contributed by atoms with Crippen molar-refractivity contribution < 1.29 is 9.53 Å². The molecule has 4 heteroatoms. The normalized spacial score (nSPS) is 16.8. The molecule has 1 aliphatic heterocycles. The maximum Gasteiger partial charge on any atom is 0.229 e. The molecule has 3 rings (SSSR count). The van der Waals surface area contributed by atoms with Crippen molar-refractivity contribution >= 4 is 17.5 Å². The third-order valence-electron chi connectivity index (χ3n) is 3.32. The number of hydrogen-bond acceptors (Lipinski definition) is 2. The number of fused-ring (bicyclic) bond motifs is 2. The van der Waals surface area contributed by atoms with Crippen molar-refractivity contribution in [3.8, 4) is 5.75 Å². The van der Waals surface area contributed by atoms with E-state index < -0.39 is 5.92 Å². The first-order chi connectivity index (χ1) is 9.16. The molecule has 0 bridgehead atoms. The SMILES string of the molecule is NC(=O)C1c2ccccc2COc2cc(Cl)ccc21. The smallest absolute Gasteiger partial charge is 0.229 e. The fourth-order valence-electron chi connectivity index (χ4n) is 2.45. The van der Waals surface area contributed by atoms with E-state index in [4.69, 9.17) is 22.1 Å². The van der Waals surface area contributed by atoms with Gasteiger partial charge in [0.25, 0.3) is 0 Å². The number of benzene rings is 2. The summed E-state index contributed by atoms with van der Waals surface area (Å²) >= 11 is 5.97. The van der Waals surface area contributed by atoms with Crippen LogP contribution >= 0.6 is 11.6 Å². The van der Waals surface area contributed by atoms with Gasteiger partial charge < -0.3 is 10.5 Å². The zero-order valence-corrected chi connectivity index (χ0v) is 10.9. The molecule has 0 radical (unpaired) electrons. The fourth-order valence-corrected chi connectivity index (χ4v) is 2.61. The molecule has 1 amide bonds. The summed E-state index contributed by atoms with van der Waals surface area (Å²) in [6.45, 7) is 0.410. The second-order valence-corrected chi connectivity index (χ2v) is 4.94. The summed E-state index contributed by atoms with van der Waals surface area (Å²) in [6, 6.07) is 12.9. The molecule has 0 saturated carbocycles. The van der Waals surface area contributed by atoms with E-state index in [1.165, 1.54) is 0 Å². The average Bonchev–Trinajstić information content (AvgIpc) is 2.55. The predicted octanol–water partition coefficient (Wildman–Crippen LogP) is 2.85. The van der Waals surface area contributed by atoms with E-state index in [9.17, 15) is 4.79 Å². The average molecular weight is 274 g/mol. The van der Waals surface area contributed by atoms with E-state index >= 15 is 0 Å². The maximum atomic E-state index is 11.9. The molecule has 1 aliphatic rings. The topological polar surface area (TPSA) is 52.3 Å². The van der Waals surface area contributed by atoms with Gasteiger partial charge in [0.1, 0.15) is 12.4 Å². The summed E-state index contributed by atoms with van der Waals surface area (Å²) in [5.41, 5.74) is 8.21. The first kappa shape index (κ1) is 12.1. The van der Waals surface area contributed by atoms with Gasteiger partial charge in [-0.25, -0.2) is 0 Å². The molecule has 0 aliphatic carbocycles. The molecule has 0 aromatic heterocycles. The van der Waals surface area contributed by atoms with Crippen LogP contribution in [0.5, 0.6) is 5.75 Å². The Bertz CT molecular complexity index is 654. The van der Waals surface area contributed by atoms with Gasteiger partial charge in [0, 0.05) is 10.6 Å². The molecule has 2 N–H and O–H groups in total. The number of primary amides is 1. The Balaban J connectivity index is 2.24. The molecule has 1 heterocycles. The lowest BCUT2D eigenvalue weighted by Gasteiger charge is -2.15. The molecular weight excluding hydrogens is 262 g/mol. The van der Waals surface area contributed by atoms with E-state index in [1.54, 1.807) is 18.2 Å². The second-order valence-electron chi connectivity index (χ2n) is 4.51. The Kier molecular flexibility index (Phi) is 2.91. The number of nitrogens with two attached hydrogens (primary N) is 1. The molecule has 1 atom stereocenters. The van der Waals surface area contributed by atoms with E-state index in [0.717, 1.165) is 16.7 Å². The summed E-state index contributed by atoms with van der Waals surface area (Å²) < 4.78 is 5.74. The number of amides is 1. The van der Waals surface area contributed by atoms with Crippen molar-refractivity contribution in [3.05, 3.63) is 64.2 Å². The Hall–Kier alpha value is -2.00. The monoisotopic (exact) mass is 273 g/mol. The lowest BCUT2D eigenvalue weighted by Crippen LogP contribution is -2.22. The quantitative estimate of drug-likeness (QED) is 0.869. The zero-order valence-electron chi connectivity index (χ0n) is 10.1. The van der Waals surface area contributed by atoms with Gasteiger partial charge in [0.05, 0.1) is 5.92 Å². The highest BCUT2D eigenvalue weighted by Gasteiger charge is 2.28. The second kappa shape index (κ2) is 4.59. The zero-order chi connectivity index (χ0) is 13.4. The van der Waals surface area contributed by atoms with Crippen LogP contribution in [-0.2, 0) is 11.4 Å². The van der Waals surface area contributed by atoms with Crippen LogP contribution in [0.1, 0.15) is 22.6 Å². The van der Waals surface area contributed by atoms with Gasteiger partial charge in [0.2, 0.25) is 5.91 Å². The highest BCUT2D eigenvalue weighted by Crippen LogP contribution is 2.38. The van der Waals surface area contributed by atoms with E-state index in [2.05, 4.69) is 0 Å². The van der Waals surface area contributed by atoms with Crippen LogP contribution < -0.4 is 10.5 Å². The molecule has 1 unspecified atom stereocenters. The standard InChI is InChI=1S/C15H12ClNO2/c16-10-5-6-12-13(7-10)19-8-9-3-1-2-4-11(9)14(12)15(17)18/h1-7,14H,8H2,(H2,17,18). The van der Waals surface area contributed by atoms with Gasteiger partial charge in [-0.3, -0.25) is 4.79 Å². The van der Waals surface area contributed by atoms with Gasteiger partial charge in [-0.15, -0.1) is 0 Å². The summed E-state index contributed by atoms with van der Waals surface area (Å²) in [4.78, 5) is 11.9. The molecule has 0 fully saturated rings. The first-order valence-corrected chi connectivity index (χ1v) is 6.34.